The molecule has 0 radical (unpaired) electrons. The van der Waals surface area contributed by atoms with Crippen LogP contribution in [0.2, 0.25) is 0 Å². The lowest BCUT2D eigenvalue weighted by molar-refractivity contribution is 0.0473. The molecule has 1 aliphatic heterocycles. The van der Waals surface area contributed by atoms with Crippen LogP contribution in [0.3, 0.4) is 0 Å². The van der Waals surface area contributed by atoms with Crippen LogP contribution in [0.5, 0.6) is 11.5 Å². The number of aryl methyl sites for hydroxylation is 2. The third-order valence-electron chi connectivity index (χ3n) is 4.57. The lowest BCUT2D eigenvalue weighted by Gasteiger charge is -2.12. The lowest BCUT2D eigenvalue weighted by Crippen LogP contribution is -2.16. The summed E-state index contributed by atoms with van der Waals surface area (Å²) in [7, 11) is 0. The fourth-order valence-corrected chi connectivity index (χ4v) is 3.19. The van der Waals surface area contributed by atoms with Crippen molar-refractivity contribution in [2.75, 3.05) is 13.4 Å². The quantitative estimate of drug-likeness (QED) is 0.521. The minimum atomic E-state index is -0.558. The van der Waals surface area contributed by atoms with E-state index in [0.717, 1.165) is 16.5 Å². The van der Waals surface area contributed by atoms with E-state index in [4.69, 9.17) is 14.2 Å². The minimum absolute atomic E-state index is 0.134. The van der Waals surface area contributed by atoms with Crippen LogP contribution in [0.4, 0.5) is 0 Å². The van der Waals surface area contributed by atoms with Gasteiger partial charge in [-0.2, -0.15) is 0 Å². The van der Waals surface area contributed by atoms with E-state index < -0.39 is 5.97 Å². The Morgan fingerprint density at radius 3 is 2.70 bits per heavy atom. The number of esters is 1. The van der Waals surface area contributed by atoms with Crippen LogP contribution in [0.25, 0.3) is 10.9 Å². The molecule has 0 saturated carbocycles. The lowest BCUT2D eigenvalue weighted by atomic mass is 10.0. The first-order valence-electron chi connectivity index (χ1n) is 8.50. The van der Waals surface area contributed by atoms with Crippen LogP contribution in [0, 0.1) is 13.8 Å². The number of carbonyl (C=O) groups excluding carboxylic acids is 2. The van der Waals surface area contributed by atoms with Gasteiger partial charge in [0.25, 0.3) is 0 Å². The van der Waals surface area contributed by atoms with Crippen molar-refractivity contribution in [3.8, 4) is 11.5 Å². The highest BCUT2D eigenvalue weighted by Crippen LogP contribution is 2.32. The maximum atomic E-state index is 12.6. The number of para-hydroxylation sites is 1. The Labute approximate surface area is 155 Å². The summed E-state index contributed by atoms with van der Waals surface area (Å²) in [6.07, 6.45) is 0. The Morgan fingerprint density at radius 1 is 1.07 bits per heavy atom. The van der Waals surface area contributed by atoms with Crippen LogP contribution >= 0.6 is 0 Å². The number of hydrogen-bond donors (Lipinski definition) is 0. The molecular weight excluding hydrogens is 346 g/mol. The minimum Gasteiger partial charge on any atom is -0.454 e. The van der Waals surface area contributed by atoms with E-state index in [-0.39, 0.29) is 19.2 Å². The number of aromatic nitrogens is 1. The number of benzene rings is 2. The predicted molar refractivity (Wildman–Crippen MR) is 98.4 cm³/mol. The molecule has 136 valence electrons. The molecule has 6 heteroatoms. The molecule has 0 bridgehead atoms. The van der Waals surface area contributed by atoms with Crippen molar-refractivity contribution in [1.29, 1.82) is 0 Å². The molecule has 0 amide bonds. The largest absolute Gasteiger partial charge is 0.454 e. The van der Waals surface area contributed by atoms with Gasteiger partial charge in [-0.15, -0.1) is 0 Å². The number of pyridine rings is 1. The summed E-state index contributed by atoms with van der Waals surface area (Å²) in [6.45, 7) is 3.39. The van der Waals surface area contributed by atoms with Gasteiger partial charge >= 0.3 is 5.97 Å². The van der Waals surface area contributed by atoms with E-state index in [1.54, 1.807) is 25.1 Å². The summed E-state index contributed by atoms with van der Waals surface area (Å²) in [5, 5.41) is 0.886. The normalized spacial score (nSPS) is 12.2. The van der Waals surface area contributed by atoms with Gasteiger partial charge in [0.2, 0.25) is 6.79 Å². The summed E-state index contributed by atoms with van der Waals surface area (Å²) in [5.74, 6) is 0.234. The number of ether oxygens (including phenoxy) is 3. The predicted octanol–water partition coefficient (Wildman–Crippen LogP) is 3.62. The second kappa shape index (κ2) is 6.72. The Morgan fingerprint density at radius 2 is 1.85 bits per heavy atom. The molecule has 1 aliphatic rings. The second-order valence-electron chi connectivity index (χ2n) is 6.28. The highest BCUT2D eigenvalue weighted by atomic mass is 16.7. The van der Waals surface area contributed by atoms with Crippen molar-refractivity contribution < 1.29 is 23.8 Å². The average molecular weight is 363 g/mol. The number of Topliss-reactive ketones (excluding diaryl/α,β-unsaturated/α-hetero) is 1. The molecule has 2 aromatic carbocycles. The van der Waals surface area contributed by atoms with Gasteiger partial charge in [-0.1, -0.05) is 18.2 Å². The number of hydrogen-bond acceptors (Lipinski definition) is 6. The van der Waals surface area contributed by atoms with Gasteiger partial charge in [0, 0.05) is 10.9 Å². The Balaban J connectivity index is 1.53. The van der Waals surface area contributed by atoms with E-state index >= 15 is 0 Å². The molecule has 2 heterocycles. The number of ketones is 1. The van der Waals surface area contributed by atoms with Gasteiger partial charge in [-0.05, 0) is 43.7 Å². The molecule has 0 unspecified atom stereocenters. The summed E-state index contributed by atoms with van der Waals surface area (Å²) in [4.78, 5) is 29.4. The maximum absolute atomic E-state index is 12.6. The number of carbonyl (C=O) groups is 2. The third kappa shape index (κ3) is 3.10. The van der Waals surface area contributed by atoms with Crippen LogP contribution in [-0.4, -0.2) is 30.1 Å². The SMILES string of the molecule is Cc1nc2ccccc2c(C)c1C(=O)OCC(=O)c1ccc2c(c1)OCO2. The molecule has 0 aliphatic carbocycles. The first kappa shape index (κ1) is 17.0. The fourth-order valence-electron chi connectivity index (χ4n) is 3.19. The summed E-state index contributed by atoms with van der Waals surface area (Å²) >= 11 is 0. The van der Waals surface area contributed by atoms with E-state index in [1.165, 1.54) is 0 Å². The molecule has 6 nitrogen and oxygen atoms in total. The first-order chi connectivity index (χ1) is 13.0. The fraction of sp³-hybridized carbons (Fsp3) is 0.190. The van der Waals surface area contributed by atoms with Gasteiger partial charge in [0.1, 0.15) is 0 Å². The van der Waals surface area contributed by atoms with Gasteiger partial charge in [-0.25, -0.2) is 4.79 Å². The molecule has 27 heavy (non-hydrogen) atoms. The molecule has 1 aromatic heterocycles. The average Bonchev–Trinajstić information content (AvgIpc) is 3.14. The van der Waals surface area contributed by atoms with Crippen molar-refractivity contribution in [1.82, 2.24) is 4.98 Å². The number of nitrogens with zero attached hydrogens (tertiary/aromatic N) is 1. The molecule has 0 fully saturated rings. The second-order valence-corrected chi connectivity index (χ2v) is 6.28. The van der Waals surface area contributed by atoms with Crippen molar-refractivity contribution >= 4 is 22.7 Å². The van der Waals surface area contributed by atoms with E-state index in [1.807, 2.05) is 31.2 Å². The standard InChI is InChI=1S/C21H17NO5/c1-12-15-5-3-4-6-16(15)22-13(2)20(12)21(24)25-10-17(23)14-7-8-18-19(9-14)27-11-26-18/h3-9H,10-11H2,1-2H3. The monoisotopic (exact) mass is 363 g/mol. The highest BCUT2D eigenvalue weighted by molar-refractivity contribution is 6.02. The first-order valence-corrected chi connectivity index (χ1v) is 8.50. The summed E-state index contributed by atoms with van der Waals surface area (Å²) in [5.41, 5.74) is 2.98. The van der Waals surface area contributed by atoms with Crippen LogP contribution < -0.4 is 9.47 Å². The smallest absolute Gasteiger partial charge is 0.340 e. The van der Waals surface area contributed by atoms with Gasteiger partial charge in [0.15, 0.2) is 23.9 Å². The van der Waals surface area contributed by atoms with Crippen LogP contribution in [-0.2, 0) is 4.74 Å². The number of fused-ring (bicyclic) bond motifs is 2. The van der Waals surface area contributed by atoms with Gasteiger partial charge in [0.05, 0.1) is 16.8 Å². The number of rotatable bonds is 4. The Bertz CT molecular complexity index is 1070. The zero-order valence-electron chi connectivity index (χ0n) is 14.9. The zero-order valence-corrected chi connectivity index (χ0v) is 14.9. The van der Waals surface area contributed by atoms with Crippen molar-refractivity contribution in [2.45, 2.75) is 13.8 Å². The van der Waals surface area contributed by atoms with Gasteiger partial charge < -0.3 is 14.2 Å². The molecule has 3 aromatic rings. The molecule has 0 atom stereocenters. The maximum Gasteiger partial charge on any atom is 0.340 e. The Kier molecular flexibility index (Phi) is 4.24. The molecule has 4 rings (SSSR count). The summed E-state index contributed by atoms with van der Waals surface area (Å²) in [6, 6.07) is 12.5. The van der Waals surface area contributed by atoms with Crippen LogP contribution in [0.15, 0.2) is 42.5 Å². The molecular formula is C21H17NO5. The van der Waals surface area contributed by atoms with Crippen molar-refractivity contribution in [2.24, 2.45) is 0 Å². The van der Waals surface area contributed by atoms with Crippen LogP contribution in [0.1, 0.15) is 32.0 Å². The molecule has 0 N–H and O–H groups in total. The topological polar surface area (TPSA) is 74.7 Å². The van der Waals surface area contributed by atoms with E-state index in [2.05, 4.69) is 4.98 Å². The Hall–Kier alpha value is -3.41. The van der Waals surface area contributed by atoms with E-state index in [0.29, 0.717) is 28.3 Å². The summed E-state index contributed by atoms with van der Waals surface area (Å²) < 4.78 is 15.8. The third-order valence-corrected chi connectivity index (χ3v) is 4.57. The highest BCUT2D eigenvalue weighted by Gasteiger charge is 2.20. The molecule has 0 saturated heterocycles. The van der Waals surface area contributed by atoms with Gasteiger partial charge in [-0.3, -0.25) is 9.78 Å². The zero-order chi connectivity index (χ0) is 19.0. The van der Waals surface area contributed by atoms with Crippen molar-refractivity contribution in [3.05, 3.63) is 64.8 Å². The van der Waals surface area contributed by atoms with E-state index in [9.17, 15) is 9.59 Å². The van der Waals surface area contributed by atoms with Crippen molar-refractivity contribution in [3.63, 3.8) is 0 Å². The molecule has 0 spiro atoms.